The van der Waals surface area contributed by atoms with Crippen molar-refractivity contribution in [3.8, 4) is 0 Å². The van der Waals surface area contributed by atoms with Gasteiger partial charge in [-0.25, -0.2) is 0 Å². The summed E-state index contributed by atoms with van der Waals surface area (Å²) < 4.78 is 0. The number of nitrogens with zero attached hydrogens (tertiary/aromatic N) is 2. The van der Waals surface area contributed by atoms with Gasteiger partial charge in [0.05, 0.1) is 4.88 Å². The van der Waals surface area contributed by atoms with Crippen molar-refractivity contribution < 1.29 is 14.4 Å². The van der Waals surface area contributed by atoms with Crippen molar-refractivity contribution in [2.24, 2.45) is 0 Å². The first kappa shape index (κ1) is 22.7. The van der Waals surface area contributed by atoms with E-state index in [4.69, 9.17) is 0 Å². The average molecular weight is 462 g/mol. The van der Waals surface area contributed by atoms with Crippen LogP contribution in [0.2, 0.25) is 0 Å². The predicted octanol–water partition coefficient (Wildman–Crippen LogP) is 3.64. The number of rotatable bonds is 7. The molecule has 0 bridgehead atoms. The van der Waals surface area contributed by atoms with Gasteiger partial charge in [0.1, 0.15) is 6.04 Å². The summed E-state index contributed by atoms with van der Waals surface area (Å²) in [6.45, 7) is 4.10. The highest BCUT2D eigenvalue weighted by molar-refractivity contribution is 7.12. The number of nitrogens with one attached hydrogen (secondary N) is 1. The SMILES string of the molecule is CC(=O)c1ccc(N2CCN(C(=O)C(Cc3ccccc3)NC(=O)c3cccs3)CC2)cc1. The molecule has 33 heavy (non-hydrogen) atoms. The van der Waals surface area contributed by atoms with E-state index in [2.05, 4.69) is 10.2 Å². The van der Waals surface area contributed by atoms with E-state index in [0.717, 1.165) is 11.3 Å². The third-order valence-corrected chi connectivity index (χ3v) is 6.73. The summed E-state index contributed by atoms with van der Waals surface area (Å²) in [5.74, 6) is -0.232. The molecule has 1 unspecified atom stereocenters. The molecule has 3 aromatic rings. The number of hydrogen-bond donors (Lipinski definition) is 1. The van der Waals surface area contributed by atoms with Crippen LogP contribution in [0.3, 0.4) is 0 Å². The Hall–Kier alpha value is -3.45. The summed E-state index contributed by atoms with van der Waals surface area (Å²) in [7, 11) is 0. The van der Waals surface area contributed by atoms with Crippen molar-refractivity contribution in [1.82, 2.24) is 10.2 Å². The summed E-state index contributed by atoms with van der Waals surface area (Å²) in [6.07, 6.45) is 0.448. The summed E-state index contributed by atoms with van der Waals surface area (Å²) in [6, 6.07) is 20.3. The molecule has 4 rings (SSSR count). The van der Waals surface area contributed by atoms with E-state index in [1.54, 1.807) is 13.0 Å². The largest absolute Gasteiger partial charge is 0.368 e. The molecular weight excluding hydrogens is 434 g/mol. The van der Waals surface area contributed by atoms with E-state index in [9.17, 15) is 14.4 Å². The van der Waals surface area contributed by atoms with Crippen LogP contribution in [0.25, 0.3) is 0 Å². The molecule has 6 nitrogen and oxygen atoms in total. The number of carbonyl (C=O) groups excluding carboxylic acids is 3. The summed E-state index contributed by atoms with van der Waals surface area (Å²) >= 11 is 1.36. The zero-order chi connectivity index (χ0) is 23.2. The Morgan fingerprint density at radius 2 is 1.61 bits per heavy atom. The minimum atomic E-state index is -0.622. The first-order valence-electron chi connectivity index (χ1n) is 11.0. The van der Waals surface area contributed by atoms with Crippen molar-refractivity contribution in [3.63, 3.8) is 0 Å². The van der Waals surface area contributed by atoms with Gasteiger partial charge in [0.15, 0.2) is 5.78 Å². The molecule has 1 aliphatic rings. The predicted molar refractivity (Wildman–Crippen MR) is 131 cm³/mol. The monoisotopic (exact) mass is 461 g/mol. The van der Waals surface area contributed by atoms with Gasteiger partial charge in [-0.3, -0.25) is 14.4 Å². The summed E-state index contributed by atoms with van der Waals surface area (Å²) in [5.41, 5.74) is 2.74. The van der Waals surface area contributed by atoms with Gasteiger partial charge in [-0.1, -0.05) is 36.4 Å². The van der Waals surface area contributed by atoms with E-state index in [-0.39, 0.29) is 17.6 Å². The fourth-order valence-electron chi connectivity index (χ4n) is 4.00. The summed E-state index contributed by atoms with van der Waals surface area (Å²) in [4.78, 5) is 42.3. The summed E-state index contributed by atoms with van der Waals surface area (Å²) in [5, 5.41) is 4.81. The van der Waals surface area contributed by atoms with Crippen molar-refractivity contribution >= 4 is 34.6 Å². The zero-order valence-electron chi connectivity index (χ0n) is 18.6. The Morgan fingerprint density at radius 3 is 2.21 bits per heavy atom. The van der Waals surface area contributed by atoms with Crippen LogP contribution < -0.4 is 10.2 Å². The van der Waals surface area contributed by atoms with Gasteiger partial charge in [-0.2, -0.15) is 0 Å². The number of hydrogen-bond acceptors (Lipinski definition) is 5. The van der Waals surface area contributed by atoms with Gasteiger partial charge >= 0.3 is 0 Å². The van der Waals surface area contributed by atoms with E-state index >= 15 is 0 Å². The molecule has 0 saturated carbocycles. The molecule has 1 saturated heterocycles. The van der Waals surface area contributed by atoms with Crippen LogP contribution in [0.1, 0.15) is 32.5 Å². The first-order valence-corrected chi connectivity index (χ1v) is 11.9. The highest BCUT2D eigenvalue weighted by Gasteiger charge is 2.29. The van der Waals surface area contributed by atoms with Crippen molar-refractivity contribution in [3.05, 3.63) is 88.1 Å². The van der Waals surface area contributed by atoms with Crippen LogP contribution in [0, 0.1) is 0 Å². The van der Waals surface area contributed by atoms with Crippen molar-refractivity contribution in [1.29, 1.82) is 0 Å². The third-order valence-electron chi connectivity index (χ3n) is 5.86. The molecular formula is C26H27N3O3S. The number of anilines is 1. The van der Waals surface area contributed by atoms with E-state index in [1.807, 2.05) is 70.9 Å². The minimum absolute atomic E-state index is 0.0472. The fourth-order valence-corrected chi connectivity index (χ4v) is 4.63. The van der Waals surface area contributed by atoms with E-state index < -0.39 is 6.04 Å². The Kier molecular flexibility index (Phi) is 7.19. The molecule has 170 valence electrons. The van der Waals surface area contributed by atoms with Crippen molar-refractivity contribution in [2.75, 3.05) is 31.1 Å². The van der Waals surface area contributed by atoms with Crippen LogP contribution >= 0.6 is 11.3 Å². The molecule has 7 heteroatoms. The van der Waals surface area contributed by atoms with Gasteiger partial charge in [0.2, 0.25) is 5.91 Å². The topological polar surface area (TPSA) is 69.7 Å². The number of Topliss-reactive ketones (excluding diaryl/α,β-unsaturated/α-hetero) is 1. The molecule has 0 radical (unpaired) electrons. The maximum Gasteiger partial charge on any atom is 0.262 e. The van der Waals surface area contributed by atoms with E-state index in [1.165, 1.54) is 11.3 Å². The molecule has 0 spiro atoms. The number of thiophene rings is 1. The van der Waals surface area contributed by atoms with Crippen LogP contribution in [-0.4, -0.2) is 54.7 Å². The Labute approximate surface area is 197 Å². The lowest BCUT2D eigenvalue weighted by atomic mass is 10.0. The molecule has 2 aromatic carbocycles. The van der Waals surface area contributed by atoms with Gasteiger partial charge in [0, 0.05) is 43.9 Å². The van der Waals surface area contributed by atoms with Crippen LogP contribution in [0.5, 0.6) is 0 Å². The first-order chi connectivity index (χ1) is 16.0. The minimum Gasteiger partial charge on any atom is -0.368 e. The second-order valence-corrected chi connectivity index (χ2v) is 9.06. The third kappa shape index (κ3) is 5.68. The van der Waals surface area contributed by atoms with E-state index in [0.29, 0.717) is 43.0 Å². The second kappa shape index (κ2) is 10.4. The second-order valence-electron chi connectivity index (χ2n) is 8.11. The number of amides is 2. The molecule has 1 aromatic heterocycles. The molecule has 1 atom stereocenters. The number of ketones is 1. The van der Waals surface area contributed by atoms with Crippen molar-refractivity contribution in [2.45, 2.75) is 19.4 Å². The van der Waals surface area contributed by atoms with Gasteiger partial charge in [-0.15, -0.1) is 11.3 Å². The number of benzene rings is 2. The van der Waals surface area contributed by atoms with Gasteiger partial charge in [-0.05, 0) is 48.2 Å². The Bertz CT molecular complexity index is 1090. The van der Waals surface area contributed by atoms with Crippen LogP contribution in [0.4, 0.5) is 5.69 Å². The Balaban J connectivity index is 1.42. The standard InChI is InChI=1S/C26H27N3O3S/c1-19(30)21-9-11-22(12-10-21)28-13-15-29(16-14-28)26(32)23(18-20-6-3-2-4-7-20)27-25(31)24-8-5-17-33-24/h2-12,17,23H,13-16,18H2,1H3,(H,27,31). The zero-order valence-corrected chi connectivity index (χ0v) is 19.4. The van der Waals surface area contributed by atoms with Crippen LogP contribution in [-0.2, 0) is 11.2 Å². The fraction of sp³-hybridized carbons (Fsp3) is 0.269. The number of carbonyl (C=O) groups is 3. The van der Waals surface area contributed by atoms with Gasteiger partial charge in [0.25, 0.3) is 5.91 Å². The highest BCUT2D eigenvalue weighted by atomic mass is 32.1. The number of piperazine rings is 1. The molecule has 1 aliphatic heterocycles. The maximum absolute atomic E-state index is 13.4. The smallest absolute Gasteiger partial charge is 0.262 e. The quantitative estimate of drug-likeness (QED) is 0.546. The lowest BCUT2D eigenvalue weighted by molar-refractivity contribution is -0.133. The molecule has 0 aliphatic carbocycles. The Morgan fingerprint density at radius 1 is 0.909 bits per heavy atom. The lowest BCUT2D eigenvalue weighted by Gasteiger charge is -2.37. The molecule has 1 fully saturated rings. The van der Waals surface area contributed by atoms with Gasteiger partial charge < -0.3 is 15.1 Å². The molecule has 2 amide bonds. The normalized spacial score (nSPS) is 14.6. The molecule has 1 N–H and O–H groups in total. The highest BCUT2D eigenvalue weighted by Crippen LogP contribution is 2.19. The molecule has 2 heterocycles. The average Bonchev–Trinajstić information content (AvgIpc) is 3.39. The maximum atomic E-state index is 13.4. The van der Waals surface area contributed by atoms with Crippen LogP contribution in [0.15, 0.2) is 72.1 Å². The lowest BCUT2D eigenvalue weighted by Crippen LogP contribution is -2.55.